The molecule has 0 amide bonds. The van der Waals surface area contributed by atoms with Gasteiger partial charge in [0.1, 0.15) is 6.10 Å². The summed E-state index contributed by atoms with van der Waals surface area (Å²) in [7, 11) is 0. The van der Waals surface area contributed by atoms with Crippen LogP contribution in [0.5, 0.6) is 0 Å². The molecule has 0 saturated carbocycles. The molecule has 2 rings (SSSR count). The van der Waals surface area contributed by atoms with Gasteiger partial charge in [-0.2, -0.15) is 0 Å². The second kappa shape index (κ2) is 2.76. The second-order valence-corrected chi connectivity index (χ2v) is 4.88. The zero-order chi connectivity index (χ0) is 8.77. The Morgan fingerprint density at radius 2 is 2.25 bits per heavy atom. The van der Waals surface area contributed by atoms with Gasteiger partial charge >= 0.3 is 0 Å². The molecule has 68 valence electrons. The highest BCUT2D eigenvalue weighted by Crippen LogP contribution is 2.41. The zero-order valence-electron chi connectivity index (χ0n) is 7.45. The molecule has 2 aliphatic heterocycles. The minimum absolute atomic E-state index is 0.225. The number of hydrogen-bond acceptors (Lipinski definition) is 3. The van der Waals surface area contributed by atoms with Crippen LogP contribution in [0.15, 0.2) is 12.7 Å². The van der Waals surface area contributed by atoms with Gasteiger partial charge in [0.05, 0.1) is 11.4 Å². The van der Waals surface area contributed by atoms with Gasteiger partial charge in [0.25, 0.3) is 0 Å². The molecule has 0 aromatic heterocycles. The maximum absolute atomic E-state index is 5.76. The molecule has 12 heavy (non-hydrogen) atoms. The standard InChI is InChI=1S/C9H14O2S/c1-4-7-8-6(5-12-7)10-9(2,3)11-8/h4,6-8H,1,5H2,2-3H3/t6-,7+,8-/m0/s1. The fraction of sp³-hybridized carbons (Fsp3) is 0.778. The van der Waals surface area contributed by atoms with Crippen LogP contribution in [-0.4, -0.2) is 29.0 Å². The first-order chi connectivity index (χ1) is 5.62. The molecule has 2 fully saturated rings. The smallest absolute Gasteiger partial charge is 0.163 e. The van der Waals surface area contributed by atoms with E-state index >= 15 is 0 Å². The summed E-state index contributed by atoms with van der Waals surface area (Å²) in [5, 5.41) is 0.414. The van der Waals surface area contributed by atoms with Crippen LogP contribution in [0.25, 0.3) is 0 Å². The molecule has 0 aliphatic carbocycles. The summed E-state index contributed by atoms with van der Waals surface area (Å²) in [6.07, 6.45) is 2.45. The molecule has 0 radical (unpaired) electrons. The fourth-order valence-corrected chi connectivity index (χ4v) is 3.00. The molecule has 2 saturated heterocycles. The van der Waals surface area contributed by atoms with Crippen LogP contribution in [-0.2, 0) is 9.47 Å². The van der Waals surface area contributed by atoms with Crippen LogP contribution in [0.2, 0.25) is 0 Å². The lowest BCUT2D eigenvalue weighted by molar-refractivity contribution is -0.144. The van der Waals surface area contributed by atoms with Gasteiger partial charge < -0.3 is 9.47 Å². The van der Waals surface area contributed by atoms with Crippen molar-refractivity contribution in [3.05, 3.63) is 12.7 Å². The third-order valence-corrected chi connectivity index (χ3v) is 3.60. The normalized spacial score (nSPS) is 44.3. The van der Waals surface area contributed by atoms with Gasteiger partial charge in [0.15, 0.2) is 5.79 Å². The minimum atomic E-state index is -0.391. The minimum Gasteiger partial charge on any atom is -0.344 e. The molecular weight excluding hydrogens is 172 g/mol. The lowest BCUT2D eigenvalue weighted by Gasteiger charge is -2.19. The van der Waals surface area contributed by atoms with Crippen molar-refractivity contribution in [3.8, 4) is 0 Å². The van der Waals surface area contributed by atoms with Crippen LogP contribution >= 0.6 is 11.8 Å². The maximum Gasteiger partial charge on any atom is 0.163 e. The van der Waals surface area contributed by atoms with Crippen molar-refractivity contribution in [1.82, 2.24) is 0 Å². The second-order valence-electron chi connectivity index (χ2n) is 3.67. The summed E-state index contributed by atoms with van der Waals surface area (Å²) in [6, 6.07) is 0. The largest absolute Gasteiger partial charge is 0.344 e. The van der Waals surface area contributed by atoms with Gasteiger partial charge in [-0.15, -0.1) is 18.3 Å². The average Bonchev–Trinajstić information content (AvgIpc) is 2.42. The highest BCUT2D eigenvalue weighted by molar-refractivity contribution is 8.00. The van der Waals surface area contributed by atoms with E-state index in [0.29, 0.717) is 5.25 Å². The van der Waals surface area contributed by atoms with Crippen LogP contribution in [0.4, 0.5) is 0 Å². The Morgan fingerprint density at radius 3 is 2.92 bits per heavy atom. The van der Waals surface area contributed by atoms with Crippen molar-refractivity contribution in [2.45, 2.75) is 37.1 Å². The van der Waals surface area contributed by atoms with Crippen LogP contribution in [0.3, 0.4) is 0 Å². The topological polar surface area (TPSA) is 18.5 Å². The third kappa shape index (κ3) is 1.30. The lowest BCUT2D eigenvalue weighted by Crippen LogP contribution is -2.26. The molecule has 3 atom stereocenters. The Hall–Kier alpha value is 0.01000. The Bertz CT molecular complexity index is 203. The Labute approximate surface area is 77.3 Å². The Balaban J connectivity index is 2.11. The molecule has 2 heterocycles. The summed E-state index contributed by atoms with van der Waals surface area (Å²) in [5.41, 5.74) is 0. The van der Waals surface area contributed by atoms with Crippen molar-refractivity contribution in [2.75, 3.05) is 5.75 Å². The predicted octanol–water partition coefficient (Wildman–Crippen LogP) is 1.81. The summed E-state index contributed by atoms with van der Waals surface area (Å²) in [5.74, 6) is 0.641. The average molecular weight is 186 g/mol. The highest BCUT2D eigenvalue weighted by atomic mass is 32.2. The number of fused-ring (bicyclic) bond motifs is 1. The Kier molecular flexibility index (Phi) is 1.97. The quantitative estimate of drug-likeness (QED) is 0.582. The van der Waals surface area contributed by atoms with Gasteiger partial charge in [-0.1, -0.05) is 6.08 Å². The number of thioether (sulfide) groups is 1. The van der Waals surface area contributed by atoms with E-state index < -0.39 is 5.79 Å². The molecule has 3 heteroatoms. The molecule has 0 aromatic carbocycles. The third-order valence-electron chi connectivity index (χ3n) is 2.23. The van der Waals surface area contributed by atoms with E-state index in [0.717, 1.165) is 5.75 Å². The molecule has 0 bridgehead atoms. The van der Waals surface area contributed by atoms with Crippen molar-refractivity contribution >= 4 is 11.8 Å². The Morgan fingerprint density at radius 1 is 1.50 bits per heavy atom. The van der Waals surface area contributed by atoms with Gasteiger partial charge in [-0.3, -0.25) is 0 Å². The molecule has 0 aromatic rings. The van der Waals surface area contributed by atoms with Gasteiger partial charge in [0.2, 0.25) is 0 Å². The fourth-order valence-electron chi connectivity index (χ4n) is 1.77. The van der Waals surface area contributed by atoms with Gasteiger partial charge in [0, 0.05) is 5.75 Å². The van der Waals surface area contributed by atoms with Crippen LogP contribution in [0.1, 0.15) is 13.8 Å². The summed E-state index contributed by atoms with van der Waals surface area (Å²) >= 11 is 1.87. The summed E-state index contributed by atoms with van der Waals surface area (Å²) < 4.78 is 11.5. The molecular formula is C9H14O2S. The number of rotatable bonds is 1. The maximum atomic E-state index is 5.76. The van der Waals surface area contributed by atoms with Crippen LogP contribution < -0.4 is 0 Å². The van der Waals surface area contributed by atoms with E-state index in [1.54, 1.807) is 0 Å². The van der Waals surface area contributed by atoms with Gasteiger partial charge in [-0.25, -0.2) is 0 Å². The van der Waals surface area contributed by atoms with E-state index in [9.17, 15) is 0 Å². The molecule has 2 nitrogen and oxygen atoms in total. The van der Waals surface area contributed by atoms with Crippen molar-refractivity contribution in [1.29, 1.82) is 0 Å². The van der Waals surface area contributed by atoms with E-state index in [1.807, 2.05) is 31.7 Å². The first-order valence-corrected chi connectivity index (χ1v) is 5.27. The SMILES string of the molecule is C=C[C@H]1SC[C@@H]2OC(C)(C)O[C@@H]21. The molecule has 0 N–H and O–H groups in total. The first-order valence-electron chi connectivity index (χ1n) is 4.22. The monoisotopic (exact) mass is 186 g/mol. The lowest BCUT2D eigenvalue weighted by atomic mass is 10.2. The molecule has 0 unspecified atom stereocenters. The van der Waals surface area contributed by atoms with Crippen LogP contribution in [0, 0.1) is 0 Å². The van der Waals surface area contributed by atoms with Crippen molar-refractivity contribution in [3.63, 3.8) is 0 Å². The predicted molar refractivity (Wildman–Crippen MR) is 50.3 cm³/mol. The summed E-state index contributed by atoms with van der Waals surface area (Å²) in [4.78, 5) is 0. The van der Waals surface area contributed by atoms with Crippen molar-refractivity contribution < 1.29 is 9.47 Å². The van der Waals surface area contributed by atoms with E-state index in [1.165, 1.54) is 0 Å². The molecule has 2 aliphatic rings. The van der Waals surface area contributed by atoms with E-state index in [4.69, 9.17) is 9.47 Å². The van der Waals surface area contributed by atoms with Gasteiger partial charge in [-0.05, 0) is 13.8 Å². The summed E-state index contributed by atoms with van der Waals surface area (Å²) in [6.45, 7) is 7.73. The highest BCUT2D eigenvalue weighted by Gasteiger charge is 2.48. The number of hydrogen-bond donors (Lipinski definition) is 0. The molecule has 0 spiro atoms. The zero-order valence-corrected chi connectivity index (χ0v) is 8.26. The van der Waals surface area contributed by atoms with E-state index in [-0.39, 0.29) is 12.2 Å². The first kappa shape index (κ1) is 8.60. The van der Waals surface area contributed by atoms with E-state index in [2.05, 4.69) is 6.58 Å². The van der Waals surface area contributed by atoms with Crippen molar-refractivity contribution in [2.24, 2.45) is 0 Å². The number of ether oxygens (including phenoxy) is 2.